The van der Waals surface area contributed by atoms with Crippen molar-refractivity contribution in [3.8, 4) is 5.75 Å². The van der Waals surface area contributed by atoms with E-state index in [-0.39, 0.29) is 29.6 Å². The SMILES string of the molecule is O=C(Nc1ccc(OC2CC3CC3C2)c(F)c1)c1nc(N2CCC3CC32)oc1CC(F)(F)F. The number of benzene rings is 1. The number of rotatable bonds is 6. The average molecular weight is 465 g/mol. The van der Waals surface area contributed by atoms with Crippen molar-refractivity contribution >= 4 is 17.6 Å². The van der Waals surface area contributed by atoms with Crippen molar-refractivity contribution in [2.45, 2.75) is 56.8 Å². The quantitative estimate of drug-likeness (QED) is 0.612. The number of nitrogens with zero attached hydrogens (tertiary/aromatic N) is 2. The van der Waals surface area contributed by atoms with Gasteiger partial charge in [0.25, 0.3) is 11.9 Å². The van der Waals surface area contributed by atoms with Crippen LogP contribution in [-0.4, -0.2) is 35.8 Å². The van der Waals surface area contributed by atoms with E-state index >= 15 is 0 Å². The minimum Gasteiger partial charge on any atom is -0.487 e. The van der Waals surface area contributed by atoms with Gasteiger partial charge >= 0.3 is 6.18 Å². The largest absolute Gasteiger partial charge is 0.487 e. The Balaban J connectivity index is 1.18. The first-order valence-electron chi connectivity index (χ1n) is 11.3. The monoisotopic (exact) mass is 465 g/mol. The van der Waals surface area contributed by atoms with Crippen LogP contribution in [0, 0.1) is 23.6 Å². The van der Waals surface area contributed by atoms with Crippen LogP contribution in [0.15, 0.2) is 22.6 Å². The fraction of sp³-hybridized carbons (Fsp3) is 0.565. The molecule has 4 atom stereocenters. The number of oxazole rings is 1. The molecule has 3 saturated carbocycles. The number of anilines is 2. The van der Waals surface area contributed by atoms with Crippen molar-refractivity contribution in [2.75, 3.05) is 16.8 Å². The molecule has 6 rings (SSSR count). The van der Waals surface area contributed by atoms with Crippen molar-refractivity contribution in [3.05, 3.63) is 35.5 Å². The normalized spacial score (nSPS) is 29.6. The summed E-state index contributed by atoms with van der Waals surface area (Å²) >= 11 is 0. The van der Waals surface area contributed by atoms with E-state index in [9.17, 15) is 22.4 Å². The smallest absolute Gasteiger partial charge is 0.396 e. The molecule has 3 aliphatic carbocycles. The van der Waals surface area contributed by atoms with E-state index in [2.05, 4.69) is 10.3 Å². The van der Waals surface area contributed by atoms with Gasteiger partial charge in [0.15, 0.2) is 17.3 Å². The van der Waals surface area contributed by atoms with Crippen LogP contribution in [0.1, 0.15) is 48.4 Å². The number of alkyl halides is 3. The number of ether oxygens (including phenoxy) is 1. The molecule has 0 radical (unpaired) electrons. The maximum absolute atomic E-state index is 14.6. The molecule has 1 aliphatic heterocycles. The third kappa shape index (κ3) is 4.15. The van der Waals surface area contributed by atoms with Crippen molar-refractivity contribution in [2.24, 2.45) is 17.8 Å². The Morgan fingerprint density at radius 3 is 2.61 bits per heavy atom. The minimum atomic E-state index is -4.56. The lowest BCUT2D eigenvalue weighted by Crippen LogP contribution is -2.23. The van der Waals surface area contributed by atoms with E-state index in [0.29, 0.717) is 24.3 Å². The van der Waals surface area contributed by atoms with Crippen LogP contribution in [0.2, 0.25) is 0 Å². The molecule has 176 valence electrons. The zero-order chi connectivity index (χ0) is 22.9. The number of aromatic nitrogens is 1. The molecular weight excluding hydrogens is 442 g/mol. The average Bonchev–Trinajstić information content (AvgIpc) is 3.50. The van der Waals surface area contributed by atoms with Crippen LogP contribution >= 0.6 is 0 Å². The zero-order valence-corrected chi connectivity index (χ0v) is 17.7. The van der Waals surface area contributed by atoms with Gasteiger partial charge in [-0.25, -0.2) is 4.39 Å². The summed E-state index contributed by atoms with van der Waals surface area (Å²) in [6.07, 6.45) is -1.01. The van der Waals surface area contributed by atoms with Crippen molar-refractivity contribution in [1.82, 2.24) is 4.98 Å². The molecule has 1 amide bonds. The number of hydrogen-bond acceptors (Lipinski definition) is 5. The third-order valence-electron chi connectivity index (χ3n) is 7.22. The van der Waals surface area contributed by atoms with Gasteiger partial charge in [0.1, 0.15) is 12.2 Å². The molecule has 6 nitrogen and oxygen atoms in total. The molecule has 2 heterocycles. The van der Waals surface area contributed by atoms with Gasteiger partial charge in [-0.05, 0) is 62.0 Å². The first kappa shape index (κ1) is 20.8. The summed E-state index contributed by atoms with van der Waals surface area (Å²) in [7, 11) is 0. The van der Waals surface area contributed by atoms with Crippen LogP contribution in [0.4, 0.5) is 29.3 Å². The van der Waals surface area contributed by atoms with Gasteiger partial charge in [0, 0.05) is 24.3 Å². The summed E-state index contributed by atoms with van der Waals surface area (Å²) in [6, 6.07) is 4.24. The number of amides is 1. The van der Waals surface area contributed by atoms with Gasteiger partial charge in [-0.15, -0.1) is 0 Å². The molecule has 4 aliphatic rings. The van der Waals surface area contributed by atoms with Gasteiger partial charge in [0.2, 0.25) is 0 Å². The second-order valence-electron chi connectivity index (χ2n) is 9.67. The zero-order valence-electron chi connectivity index (χ0n) is 17.7. The molecule has 10 heteroatoms. The molecule has 1 aromatic carbocycles. The van der Waals surface area contributed by atoms with Gasteiger partial charge in [0.05, 0.1) is 6.10 Å². The number of hydrogen-bond donors (Lipinski definition) is 1. The van der Waals surface area contributed by atoms with Crippen LogP contribution in [0.25, 0.3) is 0 Å². The predicted molar refractivity (Wildman–Crippen MR) is 110 cm³/mol. The highest BCUT2D eigenvalue weighted by atomic mass is 19.4. The van der Waals surface area contributed by atoms with E-state index in [4.69, 9.17) is 9.15 Å². The van der Waals surface area contributed by atoms with E-state index in [1.165, 1.54) is 18.6 Å². The van der Waals surface area contributed by atoms with Crippen molar-refractivity contribution < 1.29 is 31.5 Å². The van der Waals surface area contributed by atoms with Crippen LogP contribution < -0.4 is 15.0 Å². The number of carbonyl (C=O) groups is 1. The Kier molecular flexibility index (Phi) is 4.64. The fourth-order valence-electron chi connectivity index (χ4n) is 5.37. The second kappa shape index (κ2) is 7.36. The molecule has 1 aromatic heterocycles. The standard InChI is InChI=1S/C23H23F4N3O3/c24-16-9-14(1-2-18(16)32-15-6-12-5-13(12)7-15)28-21(31)20-19(10-23(25,26)27)33-22(29-20)30-4-3-11-8-17(11)30/h1-2,9,11-13,15,17H,3-8,10H2,(H,28,31). The van der Waals surface area contributed by atoms with Gasteiger partial charge in [-0.1, -0.05) is 0 Å². The molecular formula is C23H23F4N3O3. The molecule has 2 aromatic rings. The second-order valence-corrected chi connectivity index (χ2v) is 9.67. The first-order valence-corrected chi connectivity index (χ1v) is 11.3. The lowest BCUT2D eigenvalue weighted by atomic mass is 10.2. The number of nitrogens with one attached hydrogen (secondary N) is 1. The van der Waals surface area contributed by atoms with Crippen LogP contribution in [-0.2, 0) is 6.42 Å². The summed E-state index contributed by atoms with van der Waals surface area (Å²) in [4.78, 5) is 18.7. The molecule has 4 fully saturated rings. The van der Waals surface area contributed by atoms with Crippen molar-refractivity contribution in [3.63, 3.8) is 0 Å². The lowest BCUT2D eigenvalue weighted by Gasteiger charge is -2.16. The Morgan fingerprint density at radius 2 is 1.97 bits per heavy atom. The molecule has 0 bridgehead atoms. The fourth-order valence-corrected chi connectivity index (χ4v) is 5.37. The summed E-state index contributed by atoms with van der Waals surface area (Å²) in [5.41, 5.74) is -0.331. The van der Waals surface area contributed by atoms with E-state index < -0.39 is 35.8 Å². The Bertz CT molecular complexity index is 1090. The molecule has 1 N–H and O–H groups in total. The number of halogens is 4. The summed E-state index contributed by atoms with van der Waals surface area (Å²) in [5.74, 6) is -0.0455. The maximum Gasteiger partial charge on any atom is 0.396 e. The lowest BCUT2D eigenvalue weighted by molar-refractivity contribution is -0.130. The van der Waals surface area contributed by atoms with Crippen LogP contribution in [0.3, 0.4) is 0 Å². The topological polar surface area (TPSA) is 67.6 Å². The summed E-state index contributed by atoms with van der Waals surface area (Å²) < 4.78 is 64.9. The van der Waals surface area contributed by atoms with E-state index in [1.54, 1.807) is 0 Å². The third-order valence-corrected chi connectivity index (χ3v) is 7.22. The summed E-state index contributed by atoms with van der Waals surface area (Å²) in [6.45, 7) is 0.636. The Hall–Kier alpha value is -2.78. The summed E-state index contributed by atoms with van der Waals surface area (Å²) in [5, 5.41) is 2.44. The minimum absolute atomic E-state index is 0.00109. The van der Waals surface area contributed by atoms with Crippen molar-refractivity contribution in [1.29, 1.82) is 0 Å². The van der Waals surface area contributed by atoms with E-state index in [1.807, 2.05) is 4.90 Å². The molecule has 1 saturated heterocycles. The molecule has 33 heavy (non-hydrogen) atoms. The molecule has 4 unspecified atom stereocenters. The van der Waals surface area contributed by atoms with Gasteiger partial charge in [-0.3, -0.25) is 4.79 Å². The molecule has 0 spiro atoms. The maximum atomic E-state index is 14.6. The Labute approximate surface area is 187 Å². The number of carbonyl (C=O) groups excluding carboxylic acids is 1. The van der Waals surface area contributed by atoms with Crippen LogP contribution in [0.5, 0.6) is 5.75 Å². The number of fused-ring (bicyclic) bond motifs is 2. The van der Waals surface area contributed by atoms with E-state index in [0.717, 1.165) is 31.7 Å². The highest BCUT2D eigenvalue weighted by molar-refractivity contribution is 6.03. The first-order chi connectivity index (χ1) is 15.7. The highest BCUT2D eigenvalue weighted by Gasteiger charge is 2.49. The van der Waals surface area contributed by atoms with Gasteiger partial charge < -0.3 is 19.4 Å². The Morgan fingerprint density at radius 1 is 1.18 bits per heavy atom. The predicted octanol–water partition coefficient (Wildman–Crippen LogP) is 4.95. The van der Waals surface area contributed by atoms with Gasteiger partial charge in [-0.2, -0.15) is 18.2 Å². The highest BCUT2D eigenvalue weighted by Crippen LogP contribution is 2.52. The number of piperidine rings is 1.